The lowest BCUT2D eigenvalue weighted by molar-refractivity contribution is 0.0696. The number of furan rings is 1. The SMILES string of the molecule is Cc1c(C(=O)Cc2ccc(N3CC[C@@H](COc4ccc(C(=O)O)cc4)C3)nc2)oc2ccc(-c3ccccc3)cc12. The Bertz CT molecular complexity index is 1690. The third-order valence-electron chi connectivity index (χ3n) is 7.67. The molecule has 0 unspecified atom stereocenters. The second-order valence-corrected chi connectivity index (χ2v) is 10.5. The first-order valence-corrected chi connectivity index (χ1v) is 13.7. The molecule has 0 bridgehead atoms. The normalized spacial score (nSPS) is 14.9. The van der Waals surface area contributed by atoms with Gasteiger partial charge in [0.15, 0.2) is 5.76 Å². The summed E-state index contributed by atoms with van der Waals surface area (Å²) in [7, 11) is 0. The number of ketones is 1. The number of aromatic carboxylic acids is 1. The number of pyridine rings is 1. The monoisotopic (exact) mass is 546 g/mol. The van der Waals surface area contributed by atoms with Crippen LogP contribution < -0.4 is 9.64 Å². The summed E-state index contributed by atoms with van der Waals surface area (Å²) in [6.45, 7) is 4.19. The molecule has 3 heterocycles. The third kappa shape index (κ3) is 5.70. The lowest BCUT2D eigenvalue weighted by atomic mass is 10.0. The van der Waals surface area contributed by atoms with E-state index in [4.69, 9.17) is 14.3 Å². The van der Waals surface area contributed by atoms with Crippen LogP contribution in [0.5, 0.6) is 5.75 Å². The van der Waals surface area contributed by atoms with Gasteiger partial charge in [0.05, 0.1) is 12.2 Å². The van der Waals surface area contributed by atoms with E-state index in [-0.39, 0.29) is 17.8 Å². The number of carbonyl (C=O) groups excluding carboxylic acids is 1. The molecule has 0 radical (unpaired) electrons. The number of Topliss-reactive ketones (excluding diaryl/α,β-unsaturated/α-hetero) is 1. The minimum Gasteiger partial charge on any atom is -0.493 e. The average molecular weight is 547 g/mol. The molecule has 1 N–H and O–H groups in total. The fraction of sp³-hybridized carbons (Fsp3) is 0.206. The van der Waals surface area contributed by atoms with Gasteiger partial charge in [-0.15, -0.1) is 0 Å². The first kappa shape index (κ1) is 26.3. The number of hydrogen-bond acceptors (Lipinski definition) is 6. The molecule has 7 nitrogen and oxygen atoms in total. The number of aryl methyl sites for hydroxylation is 1. The van der Waals surface area contributed by atoms with Crippen molar-refractivity contribution in [1.82, 2.24) is 4.98 Å². The maximum Gasteiger partial charge on any atom is 0.335 e. The molecule has 6 rings (SSSR count). The number of fused-ring (bicyclic) bond motifs is 1. The summed E-state index contributed by atoms with van der Waals surface area (Å²) in [5, 5.41) is 9.99. The van der Waals surface area contributed by atoms with Crippen LogP contribution in [0.25, 0.3) is 22.1 Å². The van der Waals surface area contributed by atoms with E-state index in [1.165, 1.54) is 0 Å². The molecule has 41 heavy (non-hydrogen) atoms. The Morgan fingerprint density at radius 3 is 2.54 bits per heavy atom. The molecule has 1 atom stereocenters. The van der Waals surface area contributed by atoms with Gasteiger partial charge in [-0.2, -0.15) is 0 Å². The van der Waals surface area contributed by atoms with Gasteiger partial charge in [-0.25, -0.2) is 9.78 Å². The van der Waals surface area contributed by atoms with E-state index in [0.717, 1.165) is 53.0 Å². The molecule has 2 aromatic heterocycles. The van der Waals surface area contributed by atoms with Crippen molar-refractivity contribution in [3.8, 4) is 16.9 Å². The Labute approximate surface area is 238 Å². The quantitative estimate of drug-likeness (QED) is 0.203. The van der Waals surface area contributed by atoms with E-state index in [9.17, 15) is 9.59 Å². The zero-order valence-corrected chi connectivity index (χ0v) is 22.7. The highest BCUT2D eigenvalue weighted by Crippen LogP contribution is 2.31. The van der Waals surface area contributed by atoms with Gasteiger partial charge in [0.25, 0.3) is 0 Å². The number of carbonyl (C=O) groups is 2. The number of carboxylic acid groups (broad SMARTS) is 1. The fourth-order valence-electron chi connectivity index (χ4n) is 5.36. The molecule has 0 saturated carbocycles. The molecule has 0 aliphatic carbocycles. The van der Waals surface area contributed by atoms with Crippen molar-refractivity contribution in [2.75, 3.05) is 24.6 Å². The van der Waals surface area contributed by atoms with Crippen LogP contribution in [-0.4, -0.2) is 41.5 Å². The van der Waals surface area contributed by atoms with E-state index in [2.05, 4.69) is 28.1 Å². The van der Waals surface area contributed by atoms with Gasteiger partial charge in [-0.3, -0.25) is 4.79 Å². The minimum absolute atomic E-state index is 0.0655. The molecule has 0 amide bonds. The standard InChI is InChI=1S/C34H30N2O5/c1-22-29-18-27(25-5-3-2-4-6-25)10-13-31(29)41-33(22)30(37)17-23-7-14-32(35-19-23)36-16-15-24(20-36)21-40-28-11-8-26(9-12-28)34(38)39/h2-14,18-19,24H,15-17,20-21H2,1H3,(H,38,39)/t24-/m1/s1. The number of aromatic nitrogens is 1. The van der Waals surface area contributed by atoms with Crippen molar-refractivity contribution in [2.24, 2.45) is 5.92 Å². The van der Waals surface area contributed by atoms with E-state index < -0.39 is 5.97 Å². The molecule has 1 fully saturated rings. The number of ether oxygens (including phenoxy) is 1. The summed E-state index contributed by atoms with van der Waals surface area (Å²) >= 11 is 0. The summed E-state index contributed by atoms with van der Waals surface area (Å²) in [4.78, 5) is 31.1. The summed E-state index contributed by atoms with van der Waals surface area (Å²) in [6, 6.07) is 26.6. The summed E-state index contributed by atoms with van der Waals surface area (Å²) in [5.74, 6) is 1.27. The molecule has 0 spiro atoms. The van der Waals surface area contributed by atoms with Crippen molar-refractivity contribution < 1.29 is 23.8 Å². The first-order valence-electron chi connectivity index (χ1n) is 13.7. The van der Waals surface area contributed by atoms with Crippen LogP contribution in [0.3, 0.4) is 0 Å². The number of nitrogens with zero attached hydrogens (tertiary/aromatic N) is 2. The van der Waals surface area contributed by atoms with Gasteiger partial charge < -0.3 is 19.2 Å². The van der Waals surface area contributed by atoms with Crippen LogP contribution in [0.4, 0.5) is 5.82 Å². The largest absolute Gasteiger partial charge is 0.493 e. The summed E-state index contributed by atoms with van der Waals surface area (Å²) < 4.78 is 11.9. The van der Waals surface area contributed by atoms with Crippen molar-refractivity contribution in [3.63, 3.8) is 0 Å². The topological polar surface area (TPSA) is 92.9 Å². The van der Waals surface area contributed by atoms with Crippen LogP contribution in [0.2, 0.25) is 0 Å². The lowest BCUT2D eigenvalue weighted by Crippen LogP contribution is -2.22. The first-order chi connectivity index (χ1) is 19.9. The molecule has 1 saturated heterocycles. The Morgan fingerprint density at radius 1 is 1.00 bits per heavy atom. The molecular formula is C34H30N2O5. The van der Waals surface area contributed by atoms with E-state index in [1.807, 2.05) is 49.4 Å². The second kappa shape index (κ2) is 11.3. The van der Waals surface area contributed by atoms with Crippen molar-refractivity contribution in [2.45, 2.75) is 19.8 Å². The van der Waals surface area contributed by atoms with E-state index in [0.29, 0.717) is 29.6 Å². The lowest BCUT2D eigenvalue weighted by Gasteiger charge is -2.18. The smallest absolute Gasteiger partial charge is 0.335 e. The highest BCUT2D eigenvalue weighted by atomic mass is 16.5. The van der Waals surface area contributed by atoms with Crippen molar-refractivity contribution in [3.05, 3.63) is 114 Å². The zero-order chi connectivity index (χ0) is 28.3. The predicted molar refractivity (Wildman–Crippen MR) is 158 cm³/mol. The van der Waals surface area contributed by atoms with Gasteiger partial charge >= 0.3 is 5.97 Å². The Balaban J connectivity index is 1.06. The maximum absolute atomic E-state index is 13.2. The Hall–Kier alpha value is -4.91. The molecule has 5 aromatic rings. The minimum atomic E-state index is -0.951. The molecule has 1 aliphatic heterocycles. The Morgan fingerprint density at radius 2 is 1.80 bits per heavy atom. The number of carboxylic acids is 1. The molecule has 1 aliphatic rings. The van der Waals surface area contributed by atoms with Gasteiger partial charge in [0, 0.05) is 42.6 Å². The second-order valence-electron chi connectivity index (χ2n) is 10.5. The van der Waals surface area contributed by atoms with E-state index in [1.54, 1.807) is 30.5 Å². The van der Waals surface area contributed by atoms with E-state index >= 15 is 0 Å². The summed E-state index contributed by atoms with van der Waals surface area (Å²) in [6.07, 6.45) is 2.97. The van der Waals surface area contributed by atoms with Crippen LogP contribution in [-0.2, 0) is 6.42 Å². The van der Waals surface area contributed by atoms with Gasteiger partial charge in [0.2, 0.25) is 5.78 Å². The molecule has 3 aromatic carbocycles. The fourth-order valence-corrected chi connectivity index (χ4v) is 5.36. The van der Waals surface area contributed by atoms with Crippen LogP contribution in [0.15, 0.2) is 95.5 Å². The van der Waals surface area contributed by atoms with Crippen LogP contribution >= 0.6 is 0 Å². The zero-order valence-electron chi connectivity index (χ0n) is 22.7. The molecular weight excluding hydrogens is 516 g/mol. The van der Waals surface area contributed by atoms with Gasteiger partial charge in [-0.05, 0) is 72.5 Å². The van der Waals surface area contributed by atoms with Crippen LogP contribution in [0.1, 0.15) is 38.5 Å². The number of rotatable bonds is 9. The molecule has 206 valence electrons. The Kier molecular flexibility index (Phi) is 7.25. The van der Waals surface area contributed by atoms with Crippen molar-refractivity contribution >= 4 is 28.5 Å². The maximum atomic E-state index is 13.2. The number of benzene rings is 3. The molecule has 7 heteroatoms. The van der Waals surface area contributed by atoms with Gasteiger partial charge in [0.1, 0.15) is 17.2 Å². The van der Waals surface area contributed by atoms with Gasteiger partial charge in [-0.1, -0.05) is 42.5 Å². The number of anilines is 1. The number of hydrogen-bond donors (Lipinski definition) is 1. The van der Waals surface area contributed by atoms with Crippen molar-refractivity contribution in [1.29, 1.82) is 0 Å². The highest BCUT2D eigenvalue weighted by Gasteiger charge is 2.24. The highest BCUT2D eigenvalue weighted by molar-refractivity contribution is 6.02. The average Bonchev–Trinajstić information content (AvgIpc) is 3.61. The third-order valence-corrected chi connectivity index (χ3v) is 7.67. The summed E-state index contributed by atoms with van der Waals surface area (Å²) in [5.41, 5.74) is 4.86. The predicted octanol–water partition coefficient (Wildman–Crippen LogP) is 6.83. The van der Waals surface area contributed by atoms with Crippen LogP contribution in [0, 0.1) is 12.8 Å².